The topological polar surface area (TPSA) is 46.6 Å². The van der Waals surface area contributed by atoms with Gasteiger partial charge in [-0.25, -0.2) is 0 Å². The fraction of sp³-hybridized carbons (Fsp3) is 0.900. The normalized spacial score (nSPS) is 28.9. The Labute approximate surface area is 147 Å². The molecule has 0 aromatic rings. The van der Waals surface area contributed by atoms with E-state index in [1.54, 1.807) is 0 Å². The van der Waals surface area contributed by atoms with Gasteiger partial charge in [-0.3, -0.25) is 9.59 Å². The van der Waals surface area contributed by atoms with Crippen molar-refractivity contribution >= 4 is 11.7 Å². The second-order valence-corrected chi connectivity index (χ2v) is 9.59. The number of rotatable bonds is 3. The minimum Gasteiger partial charge on any atom is -0.373 e. The Morgan fingerprint density at radius 1 is 0.875 bits per heavy atom. The maximum atomic E-state index is 12.8. The van der Waals surface area contributed by atoms with Crippen LogP contribution in [0.3, 0.4) is 0 Å². The number of ether oxygens (including phenoxy) is 1. The molecule has 1 aliphatic carbocycles. The lowest BCUT2D eigenvalue weighted by Crippen LogP contribution is -2.39. The number of carbonyl (C=O) groups excluding carboxylic acids is 2. The lowest BCUT2D eigenvalue weighted by Gasteiger charge is -2.34. The SMILES string of the molecule is CC(C)(C)OC1CCC(C(=O)N2CC[C@@H](C(=O)C(C)(C)C)C2)CC1. The Kier molecular flexibility index (Phi) is 5.79. The van der Waals surface area contributed by atoms with Crippen LogP contribution < -0.4 is 0 Å². The van der Waals surface area contributed by atoms with Gasteiger partial charge in [-0.2, -0.15) is 0 Å². The van der Waals surface area contributed by atoms with Gasteiger partial charge in [0.05, 0.1) is 11.7 Å². The van der Waals surface area contributed by atoms with E-state index in [0.717, 1.165) is 38.6 Å². The Bertz CT molecular complexity index is 464. The van der Waals surface area contributed by atoms with Gasteiger partial charge in [-0.1, -0.05) is 20.8 Å². The Hall–Kier alpha value is -0.900. The molecule has 0 radical (unpaired) electrons. The lowest BCUT2D eigenvalue weighted by molar-refractivity contribution is -0.138. The van der Waals surface area contributed by atoms with Crippen LogP contribution in [0.5, 0.6) is 0 Å². The second-order valence-electron chi connectivity index (χ2n) is 9.59. The van der Waals surface area contributed by atoms with Crippen molar-refractivity contribution in [2.75, 3.05) is 13.1 Å². The summed E-state index contributed by atoms with van der Waals surface area (Å²) in [6.07, 6.45) is 4.85. The number of nitrogens with zero attached hydrogens (tertiary/aromatic N) is 1. The van der Waals surface area contributed by atoms with Crippen molar-refractivity contribution in [1.29, 1.82) is 0 Å². The van der Waals surface area contributed by atoms with Crippen LogP contribution in [0.25, 0.3) is 0 Å². The smallest absolute Gasteiger partial charge is 0.225 e. The molecule has 2 rings (SSSR count). The van der Waals surface area contributed by atoms with Gasteiger partial charge in [0.25, 0.3) is 0 Å². The first kappa shape index (κ1) is 19.4. The highest BCUT2D eigenvalue weighted by Gasteiger charge is 2.38. The average Bonchev–Trinajstić information content (AvgIpc) is 2.93. The van der Waals surface area contributed by atoms with Crippen LogP contribution in [0, 0.1) is 17.3 Å². The molecule has 1 saturated heterocycles. The van der Waals surface area contributed by atoms with Crippen molar-refractivity contribution in [3.8, 4) is 0 Å². The van der Waals surface area contributed by atoms with Gasteiger partial charge in [0.1, 0.15) is 5.78 Å². The van der Waals surface area contributed by atoms with Gasteiger partial charge in [0, 0.05) is 30.3 Å². The zero-order chi connectivity index (χ0) is 18.1. The molecule has 4 nitrogen and oxygen atoms in total. The molecule has 0 aromatic heterocycles. The number of hydrogen-bond acceptors (Lipinski definition) is 3. The fourth-order valence-corrected chi connectivity index (χ4v) is 3.97. The molecule has 1 heterocycles. The third-order valence-electron chi connectivity index (χ3n) is 5.15. The number of ketones is 1. The number of Topliss-reactive ketones (excluding diaryl/α,β-unsaturated/α-hetero) is 1. The Morgan fingerprint density at radius 2 is 1.46 bits per heavy atom. The molecule has 0 N–H and O–H groups in total. The summed E-state index contributed by atoms with van der Waals surface area (Å²) in [4.78, 5) is 27.2. The summed E-state index contributed by atoms with van der Waals surface area (Å²) in [5, 5.41) is 0. The highest BCUT2D eigenvalue weighted by atomic mass is 16.5. The molecule has 1 atom stereocenters. The van der Waals surface area contributed by atoms with Gasteiger partial charge < -0.3 is 9.64 Å². The predicted octanol–water partition coefficient (Wildman–Crippen LogP) is 3.82. The van der Waals surface area contributed by atoms with Crippen LogP contribution in [0.1, 0.15) is 73.6 Å². The molecule has 1 amide bonds. The van der Waals surface area contributed by atoms with Crippen LogP contribution >= 0.6 is 0 Å². The quantitative estimate of drug-likeness (QED) is 0.786. The van der Waals surface area contributed by atoms with Crippen LogP contribution in [0.15, 0.2) is 0 Å². The molecular weight excluding hydrogens is 302 g/mol. The van der Waals surface area contributed by atoms with Crippen LogP contribution in [0.4, 0.5) is 0 Å². The average molecular weight is 338 g/mol. The first-order valence-electron chi connectivity index (χ1n) is 9.48. The first-order chi connectivity index (χ1) is 11.0. The van der Waals surface area contributed by atoms with Crippen LogP contribution in [0.2, 0.25) is 0 Å². The van der Waals surface area contributed by atoms with E-state index < -0.39 is 0 Å². The molecule has 138 valence electrons. The van der Waals surface area contributed by atoms with Crippen LogP contribution in [-0.2, 0) is 14.3 Å². The van der Waals surface area contributed by atoms with Gasteiger partial charge in [0.15, 0.2) is 0 Å². The number of amides is 1. The van der Waals surface area contributed by atoms with E-state index in [1.807, 2.05) is 25.7 Å². The standard InChI is InChI=1S/C20H35NO3/c1-19(2,3)17(22)15-11-12-21(13-15)18(23)14-7-9-16(10-8-14)24-20(4,5)6/h14-16H,7-13H2,1-6H3/t14?,15-,16?/m1/s1. The maximum Gasteiger partial charge on any atom is 0.225 e. The second kappa shape index (κ2) is 7.15. The zero-order valence-electron chi connectivity index (χ0n) is 16.4. The number of hydrogen-bond donors (Lipinski definition) is 0. The zero-order valence-corrected chi connectivity index (χ0v) is 16.4. The molecule has 0 spiro atoms. The monoisotopic (exact) mass is 337 g/mol. The van der Waals surface area contributed by atoms with Gasteiger partial charge in [-0.05, 0) is 52.9 Å². The fourth-order valence-electron chi connectivity index (χ4n) is 3.97. The van der Waals surface area contributed by atoms with Gasteiger partial charge in [-0.15, -0.1) is 0 Å². The Morgan fingerprint density at radius 3 is 1.96 bits per heavy atom. The molecular formula is C20H35NO3. The summed E-state index contributed by atoms with van der Waals surface area (Å²) in [5.41, 5.74) is -0.427. The van der Waals surface area contributed by atoms with E-state index in [4.69, 9.17) is 4.74 Å². The molecule has 2 aliphatic rings. The van der Waals surface area contributed by atoms with E-state index in [-0.39, 0.29) is 34.9 Å². The largest absolute Gasteiger partial charge is 0.373 e. The lowest BCUT2D eigenvalue weighted by atomic mass is 9.82. The predicted molar refractivity (Wildman–Crippen MR) is 95.7 cm³/mol. The van der Waals surface area contributed by atoms with Crippen molar-refractivity contribution in [1.82, 2.24) is 4.90 Å². The molecule has 1 saturated carbocycles. The number of carbonyl (C=O) groups is 2. The van der Waals surface area contributed by atoms with E-state index >= 15 is 0 Å². The Balaban J connectivity index is 1.83. The molecule has 1 aliphatic heterocycles. The third kappa shape index (κ3) is 5.05. The van der Waals surface area contributed by atoms with E-state index in [9.17, 15) is 9.59 Å². The molecule has 0 bridgehead atoms. The van der Waals surface area contributed by atoms with Gasteiger partial charge >= 0.3 is 0 Å². The molecule has 24 heavy (non-hydrogen) atoms. The van der Waals surface area contributed by atoms with Crippen molar-refractivity contribution < 1.29 is 14.3 Å². The summed E-state index contributed by atoms with van der Waals surface area (Å²) in [6, 6.07) is 0. The summed E-state index contributed by atoms with van der Waals surface area (Å²) < 4.78 is 6.05. The van der Waals surface area contributed by atoms with E-state index in [2.05, 4.69) is 20.8 Å². The third-order valence-corrected chi connectivity index (χ3v) is 5.15. The van der Waals surface area contributed by atoms with Crippen molar-refractivity contribution in [3.05, 3.63) is 0 Å². The summed E-state index contributed by atoms with van der Waals surface area (Å²) in [6.45, 7) is 13.5. The first-order valence-corrected chi connectivity index (χ1v) is 9.48. The highest BCUT2D eigenvalue weighted by Crippen LogP contribution is 2.33. The minimum absolute atomic E-state index is 0.0227. The molecule has 0 aromatic carbocycles. The van der Waals surface area contributed by atoms with Crippen molar-refractivity contribution in [2.24, 2.45) is 17.3 Å². The van der Waals surface area contributed by atoms with E-state index in [1.165, 1.54) is 0 Å². The minimum atomic E-state index is -0.313. The van der Waals surface area contributed by atoms with E-state index in [0.29, 0.717) is 12.3 Å². The summed E-state index contributed by atoms with van der Waals surface area (Å²) >= 11 is 0. The molecule has 4 heteroatoms. The van der Waals surface area contributed by atoms with Gasteiger partial charge in [0.2, 0.25) is 5.91 Å². The van der Waals surface area contributed by atoms with Crippen molar-refractivity contribution in [2.45, 2.75) is 85.4 Å². The highest BCUT2D eigenvalue weighted by molar-refractivity contribution is 5.88. The summed E-state index contributed by atoms with van der Waals surface area (Å²) in [7, 11) is 0. The summed E-state index contributed by atoms with van der Waals surface area (Å²) in [5.74, 6) is 0.691. The molecule has 2 fully saturated rings. The maximum absolute atomic E-state index is 12.8. The van der Waals surface area contributed by atoms with Crippen LogP contribution in [-0.4, -0.2) is 41.4 Å². The number of likely N-dealkylation sites (tertiary alicyclic amines) is 1. The van der Waals surface area contributed by atoms with Crippen molar-refractivity contribution in [3.63, 3.8) is 0 Å². The molecule has 0 unspecified atom stereocenters.